The smallest absolute Gasteiger partial charge is 0.332 e. The predicted molar refractivity (Wildman–Crippen MR) is 46.9 cm³/mol. The van der Waals surface area contributed by atoms with E-state index < -0.39 is 23.3 Å². The van der Waals surface area contributed by atoms with Gasteiger partial charge in [-0.25, -0.2) is 4.79 Å². The number of amides is 2. The van der Waals surface area contributed by atoms with Crippen molar-refractivity contribution in [3.8, 4) is 0 Å². The van der Waals surface area contributed by atoms with Gasteiger partial charge in [0.2, 0.25) is 11.8 Å². The van der Waals surface area contributed by atoms with Gasteiger partial charge in [-0.1, -0.05) is 0 Å². The lowest BCUT2D eigenvalue weighted by Crippen LogP contribution is -2.57. The zero-order valence-electron chi connectivity index (χ0n) is 8.06. The Bertz CT molecular complexity index is 315. The Balaban J connectivity index is 2.36. The standard InChI is InChI=1S/C9H11NO5/c11-6-1-2-7(12)10(6)9(8(13)14)3-4-15-5-9/h1-5H2,(H,13,14). The number of imide groups is 1. The molecule has 0 spiro atoms. The van der Waals surface area contributed by atoms with E-state index in [2.05, 4.69) is 0 Å². The summed E-state index contributed by atoms with van der Waals surface area (Å²) in [6.45, 7) is 0.170. The molecule has 6 nitrogen and oxygen atoms in total. The highest BCUT2D eigenvalue weighted by Crippen LogP contribution is 2.31. The van der Waals surface area contributed by atoms with Gasteiger partial charge in [-0.15, -0.1) is 0 Å². The van der Waals surface area contributed by atoms with Crippen molar-refractivity contribution < 1.29 is 24.2 Å². The molecule has 6 heteroatoms. The zero-order chi connectivity index (χ0) is 11.1. The van der Waals surface area contributed by atoms with Crippen molar-refractivity contribution in [3.05, 3.63) is 0 Å². The van der Waals surface area contributed by atoms with Crippen molar-refractivity contribution in [2.24, 2.45) is 0 Å². The first-order chi connectivity index (χ1) is 7.08. The van der Waals surface area contributed by atoms with Crippen LogP contribution in [0, 0.1) is 0 Å². The van der Waals surface area contributed by atoms with Gasteiger partial charge in [0.1, 0.15) is 0 Å². The van der Waals surface area contributed by atoms with Gasteiger partial charge >= 0.3 is 5.97 Å². The second-order valence-corrected chi connectivity index (χ2v) is 3.76. The van der Waals surface area contributed by atoms with Crippen LogP contribution >= 0.6 is 0 Å². The molecule has 15 heavy (non-hydrogen) atoms. The van der Waals surface area contributed by atoms with Gasteiger partial charge in [-0.05, 0) is 0 Å². The van der Waals surface area contributed by atoms with E-state index in [9.17, 15) is 14.4 Å². The molecule has 82 valence electrons. The molecule has 0 aromatic heterocycles. The van der Waals surface area contributed by atoms with Crippen LogP contribution in [0.3, 0.4) is 0 Å². The average Bonchev–Trinajstić information content (AvgIpc) is 2.74. The predicted octanol–water partition coefficient (Wildman–Crippen LogP) is -0.621. The number of likely N-dealkylation sites (tertiary alicyclic amines) is 1. The van der Waals surface area contributed by atoms with E-state index in [0.29, 0.717) is 0 Å². The third-order valence-corrected chi connectivity index (χ3v) is 2.88. The van der Waals surface area contributed by atoms with Crippen molar-refractivity contribution >= 4 is 17.8 Å². The topological polar surface area (TPSA) is 83.9 Å². The maximum absolute atomic E-state index is 11.5. The lowest BCUT2D eigenvalue weighted by atomic mass is 9.97. The van der Waals surface area contributed by atoms with Crippen LogP contribution in [0.15, 0.2) is 0 Å². The summed E-state index contributed by atoms with van der Waals surface area (Å²) in [5, 5.41) is 9.13. The van der Waals surface area contributed by atoms with Gasteiger partial charge in [-0.3, -0.25) is 14.5 Å². The summed E-state index contributed by atoms with van der Waals surface area (Å²) in [4.78, 5) is 35.0. The largest absolute Gasteiger partial charge is 0.479 e. The molecule has 2 fully saturated rings. The maximum Gasteiger partial charge on any atom is 0.332 e. The van der Waals surface area contributed by atoms with Gasteiger partial charge in [-0.2, -0.15) is 0 Å². The average molecular weight is 213 g/mol. The molecule has 2 saturated heterocycles. The second-order valence-electron chi connectivity index (χ2n) is 3.76. The number of carbonyl (C=O) groups is 3. The first kappa shape index (κ1) is 10.1. The first-order valence-electron chi connectivity index (χ1n) is 4.75. The van der Waals surface area contributed by atoms with Crippen LogP contribution in [0.2, 0.25) is 0 Å². The van der Waals surface area contributed by atoms with E-state index in [1.807, 2.05) is 0 Å². The van der Waals surface area contributed by atoms with E-state index in [4.69, 9.17) is 9.84 Å². The summed E-state index contributed by atoms with van der Waals surface area (Å²) in [5.41, 5.74) is -1.45. The molecule has 2 amide bonds. The molecular weight excluding hydrogens is 202 g/mol. The molecule has 0 aromatic rings. The highest BCUT2D eigenvalue weighted by Gasteiger charge is 2.54. The lowest BCUT2D eigenvalue weighted by Gasteiger charge is -2.31. The molecule has 2 aliphatic heterocycles. The van der Waals surface area contributed by atoms with Crippen LogP contribution in [0.4, 0.5) is 0 Å². The summed E-state index contributed by atoms with van der Waals surface area (Å²) in [6, 6.07) is 0. The van der Waals surface area contributed by atoms with Crippen LogP contribution in [-0.4, -0.2) is 46.5 Å². The summed E-state index contributed by atoms with van der Waals surface area (Å²) < 4.78 is 5.00. The molecule has 2 heterocycles. The number of carboxylic acids is 1. The monoisotopic (exact) mass is 213 g/mol. The molecule has 1 unspecified atom stereocenters. The lowest BCUT2D eigenvalue weighted by molar-refractivity contribution is -0.162. The number of carbonyl (C=O) groups excluding carboxylic acids is 2. The van der Waals surface area contributed by atoms with E-state index in [1.54, 1.807) is 0 Å². The number of rotatable bonds is 2. The number of hydrogen-bond acceptors (Lipinski definition) is 4. The van der Waals surface area contributed by atoms with Crippen molar-refractivity contribution in [2.45, 2.75) is 24.8 Å². The Labute approximate surface area is 85.8 Å². The Hall–Kier alpha value is -1.43. The summed E-state index contributed by atoms with van der Waals surface area (Å²) in [7, 11) is 0. The highest BCUT2D eigenvalue weighted by atomic mass is 16.5. The summed E-state index contributed by atoms with van der Waals surface area (Å²) >= 11 is 0. The fourth-order valence-electron chi connectivity index (χ4n) is 2.05. The van der Waals surface area contributed by atoms with Gasteiger partial charge in [0.05, 0.1) is 6.61 Å². The SMILES string of the molecule is O=C1CCC(=O)N1C1(C(=O)O)CCOC1. The second kappa shape index (κ2) is 3.30. The summed E-state index contributed by atoms with van der Waals surface area (Å²) in [6.07, 6.45) is 0.390. The molecule has 1 atom stereocenters. The van der Waals surface area contributed by atoms with Gasteiger partial charge < -0.3 is 9.84 Å². The van der Waals surface area contributed by atoms with E-state index >= 15 is 0 Å². The van der Waals surface area contributed by atoms with Gasteiger partial charge in [0.25, 0.3) is 0 Å². The Morgan fingerprint density at radius 1 is 1.33 bits per heavy atom. The molecule has 0 saturated carbocycles. The van der Waals surface area contributed by atoms with Crippen LogP contribution in [0.25, 0.3) is 0 Å². The van der Waals surface area contributed by atoms with E-state index in [-0.39, 0.29) is 32.5 Å². The van der Waals surface area contributed by atoms with Crippen molar-refractivity contribution in [1.29, 1.82) is 0 Å². The minimum absolute atomic E-state index is 0.0974. The Morgan fingerprint density at radius 2 is 1.93 bits per heavy atom. The number of ether oxygens (including phenoxy) is 1. The number of hydrogen-bond donors (Lipinski definition) is 1. The fourth-order valence-corrected chi connectivity index (χ4v) is 2.05. The molecular formula is C9H11NO5. The molecule has 0 aliphatic carbocycles. The van der Waals surface area contributed by atoms with Crippen LogP contribution in [0.1, 0.15) is 19.3 Å². The molecule has 2 aliphatic rings. The minimum Gasteiger partial charge on any atom is -0.479 e. The van der Waals surface area contributed by atoms with Crippen LogP contribution < -0.4 is 0 Å². The number of carboxylic acid groups (broad SMARTS) is 1. The van der Waals surface area contributed by atoms with Gasteiger partial charge in [0.15, 0.2) is 5.54 Å². The highest BCUT2D eigenvalue weighted by molar-refractivity contribution is 6.06. The number of nitrogens with zero attached hydrogens (tertiary/aromatic N) is 1. The normalized spacial score (nSPS) is 31.3. The quantitative estimate of drug-likeness (QED) is 0.618. The van der Waals surface area contributed by atoms with E-state index in [0.717, 1.165) is 4.90 Å². The minimum atomic E-state index is -1.45. The van der Waals surface area contributed by atoms with Crippen molar-refractivity contribution in [3.63, 3.8) is 0 Å². The van der Waals surface area contributed by atoms with E-state index in [1.165, 1.54) is 0 Å². The summed E-state index contributed by atoms with van der Waals surface area (Å²) in [5.74, 6) is -1.98. The fraction of sp³-hybridized carbons (Fsp3) is 0.667. The Kier molecular flexibility index (Phi) is 2.22. The van der Waals surface area contributed by atoms with Crippen molar-refractivity contribution in [2.75, 3.05) is 13.2 Å². The third-order valence-electron chi connectivity index (χ3n) is 2.88. The van der Waals surface area contributed by atoms with Crippen molar-refractivity contribution in [1.82, 2.24) is 4.90 Å². The van der Waals surface area contributed by atoms with Crippen LogP contribution in [0.5, 0.6) is 0 Å². The molecule has 1 N–H and O–H groups in total. The molecule has 0 radical (unpaired) electrons. The third kappa shape index (κ3) is 1.32. The molecule has 0 aromatic carbocycles. The van der Waals surface area contributed by atoms with Crippen LogP contribution in [-0.2, 0) is 19.1 Å². The molecule has 0 bridgehead atoms. The number of aliphatic carboxylic acids is 1. The van der Waals surface area contributed by atoms with Gasteiger partial charge in [0, 0.05) is 25.9 Å². The Morgan fingerprint density at radius 3 is 2.33 bits per heavy atom. The molecule has 2 rings (SSSR count). The first-order valence-corrected chi connectivity index (χ1v) is 4.75. The maximum atomic E-state index is 11.5. The zero-order valence-corrected chi connectivity index (χ0v) is 8.06.